The van der Waals surface area contributed by atoms with E-state index in [9.17, 15) is 24.0 Å². The highest BCUT2D eigenvalue weighted by atomic mass is 32.1. The second-order valence-corrected chi connectivity index (χ2v) is 6.52. The van der Waals surface area contributed by atoms with Gasteiger partial charge in [-0.1, -0.05) is 12.1 Å². The van der Waals surface area contributed by atoms with Gasteiger partial charge in [0.1, 0.15) is 11.5 Å². The van der Waals surface area contributed by atoms with Crippen LogP contribution in [0.5, 0.6) is 0 Å². The average molecular weight is 402 g/mol. The number of para-hydroxylation sites is 1. The molecule has 0 saturated heterocycles. The van der Waals surface area contributed by atoms with E-state index in [4.69, 9.17) is 10.5 Å². The van der Waals surface area contributed by atoms with Crippen molar-refractivity contribution in [3.05, 3.63) is 62.1 Å². The first-order chi connectivity index (χ1) is 13.4. The molecule has 0 saturated carbocycles. The molecule has 3 rings (SSSR count). The van der Waals surface area contributed by atoms with Crippen LogP contribution in [-0.2, 0) is 20.9 Å². The third kappa shape index (κ3) is 3.99. The molecular weight excluding hydrogens is 388 g/mol. The van der Waals surface area contributed by atoms with Crippen molar-refractivity contribution in [1.82, 2.24) is 9.55 Å². The number of nitrogens with two attached hydrogens (primary N) is 1. The van der Waals surface area contributed by atoms with Gasteiger partial charge in [-0.25, -0.2) is 4.79 Å². The zero-order valence-electron chi connectivity index (χ0n) is 14.3. The summed E-state index contributed by atoms with van der Waals surface area (Å²) in [4.78, 5) is 61.1. The molecule has 2 aromatic heterocycles. The fourth-order valence-corrected chi connectivity index (χ4v) is 3.29. The van der Waals surface area contributed by atoms with Gasteiger partial charge in [-0.2, -0.15) is 0 Å². The van der Waals surface area contributed by atoms with Gasteiger partial charge in [0.25, 0.3) is 17.4 Å². The molecule has 2 heterocycles. The first-order valence-corrected chi connectivity index (χ1v) is 8.79. The molecule has 4 N–H and O–H groups in total. The Morgan fingerprint density at radius 2 is 1.93 bits per heavy atom. The minimum absolute atomic E-state index is 0.149. The molecule has 0 aliphatic rings. The molecule has 0 aliphatic carbocycles. The summed E-state index contributed by atoms with van der Waals surface area (Å²) in [5, 5.41) is 4.49. The lowest BCUT2D eigenvalue weighted by Gasteiger charge is -2.09. The molecule has 0 unspecified atom stereocenters. The van der Waals surface area contributed by atoms with Crippen LogP contribution in [0.4, 0.5) is 5.00 Å². The molecule has 2 amide bonds. The average Bonchev–Trinajstić information content (AvgIpc) is 3.12. The molecule has 0 aliphatic heterocycles. The van der Waals surface area contributed by atoms with Crippen LogP contribution in [0.2, 0.25) is 0 Å². The van der Waals surface area contributed by atoms with E-state index >= 15 is 0 Å². The maximum Gasteiger partial charge on any atom is 0.329 e. The van der Waals surface area contributed by atoms with Crippen LogP contribution in [0.1, 0.15) is 10.4 Å². The van der Waals surface area contributed by atoms with Crippen molar-refractivity contribution in [3.8, 4) is 0 Å². The van der Waals surface area contributed by atoms with Crippen molar-refractivity contribution in [2.45, 2.75) is 6.54 Å². The minimum Gasteiger partial charge on any atom is -0.454 e. The van der Waals surface area contributed by atoms with Gasteiger partial charge in [-0.15, -0.1) is 11.3 Å². The lowest BCUT2D eigenvalue weighted by Crippen LogP contribution is -2.33. The number of nitrogens with zero attached hydrogens (tertiary/aromatic N) is 1. The number of carbonyl (C=O) groups is 3. The third-order valence-corrected chi connectivity index (χ3v) is 4.57. The first kappa shape index (κ1) is 19.0. The molecule has 0 spiro atoms. The fourth-order valence-electron chi connectivity index (χ4n) is 2.48. The molecule has 0 radical (unpaired) electrons. The van der Waals surface area contributed by atoms with E-state index < -0.39 is 42.2 Å². The number of rotatable bonds is 6. The molecule has 1 aromatic carbocycles. The van der Waals surface area contributed by atoms with Crippen LogP contribution in [-0.4, -0.2) is 33.9 Å². The molecule has 0 bridgehead atoms. The van der Waals surface area contributed by atoms with Crippen molar-refractivity contribution in [3.63, 3.8) is 0 Å². The Balaban J connectivity index is 1.67. The van der Waals surface area contributed by atoms with Gasteiger partial charge in [-0.3, -0.25) is 28.7 Å². The van der Waals surface area contributed by atoms with E-state index in [-0.39, 0.29) is 21.5 Å². The van der Waals surface area contributed by atoms with Crippen molar-refractivity contribution in [2.24, 2.45) is 5.73 Å². The summed E-state index contributed by atoms with van der Waals surface area (Å²) >= 11 is 1.10. The molecule has 0 fully saturated rings. The Morgan fingerprint density at radius 3 is 2.68 bits per heavy atom. The number of H-pyrrole nitrogens is 1. The number of ether oxygens (including phenoxy) is 1. The standard InChI is InChI=1S/C17H14N4O6S/c18-14(24)10-5-6-28-16(10)19-12(22)8-27-13(23)7-21-11-4-2-1-3-9(11)15(25)20-17(21)26/h1-6H,7-8H2,(H2,18,24)(H,19,22)(H,20,25,26). The summed E-state index contributed by atoms with van der Waals surface area (Å²) in [6.07, 6.45) is 0. The summed E-state index contributed by atoms with van der Waals surface area (Å²) in [6.45, 7) is -1.11. The predicted molar refractivity (Wildman–Crippen MR) is 101 cm³/mol. The third-order valence-electron chi connectivity index (χ3n) is 3.74. The van der Waals surface area contributed by atoms with Gasteiger partial charge in [-0.05, 0) is 23.6 Å². The van der Waals surface area contributed by atoms with Gasteiger partial charge in [0.2, 0.25) is 0 Å². The van der Waals surface area contributed by atoms with Crippen molar-refractivity contribution < 1.29 is 19.1 Å². The Kier molecular flexibility index (Phi) is 5.36. The number of benzene rings is 1. The van der Waals surface area contributed by atoms with Crippen molar-refractivity contribution in [1.29, 1.82) is 0 Å². The second-order valence-electron chi connectivity index (χ2n) is 5.60. The number of aromatic nitrogens is 2. The smallest absolute Gasteiger partial charge is 0.329 e. The molecule has 11 heteroatoms. The zero-order valence-corrected chi connectivity index (χ0v) is 15.1. The van der Waals surface area contributed by atoms with E-state index in [0.717, 1.165) is 15.9 Å². The Labute approximate surface area is 160 Å². The lowest BCUT2D eigenvalue weighted by molar-refractivity contribution is -0.147. The SMILES string of the molecule is NC(=O)c1ccsc1NC(=O)COC(=O)Cn1c(=O)[nH]c(=O)c2ccccc21. The van der Waals surface area contributed by atoms with Crippen LogP contribution in [0.25, 0.3) is 10.9 Å². The maximum atomic E-state index is 12.0. The van der Waals surface area contributed by atoms with Crippen molar-refractivity contribution in [2.75, 3.05) is 11.9 Å². The number of fused-ring (bicyclic) bond motifs is 1. The fraction of sp³-hybridized carbons (Fsp3) is 0.118. The van der Waals surface area contributed by atoms with E-state index in [0.29, 0.717) is 0 Å². The lowest BCUT2D eigenvalue weighted by atomic mass is 10.2. The molecule has 10 nitrogen and oxygen atoms in total. The van der Waals surface area contributed by atoms with E-state index in [2.05, 4.69) is 10.3 Å². The number of nitrogens with one attached hydrogen (secondary N) is 2. The summed E-state index contributed by atoms with van der Waals surface area (Å²) in [5.74, 6) is -2.22. The number of carbonyl (C=O) groups excluding carboxylic acids is 3. The molecule has 144 valence electrons. The number of primary amides is 1. The number of hydrogen-bond donors (Lipinski definition) is 3. The monoisotopic (exact) mass is 402 g/mol. The van der Waals surface area contributed by atoms with Gasteiger partial charge < -0.3 is 15.8 Å². The normalized spacial score (nSPS) is 10.6. The molecule has 0 atom stereocenters. The topological polar surface area (TPSA) is 153 Å². The number of anilines is 1. The van der Waals surface area contributed by atoms with Crippen LogP contribution in [0.15, 0.2) is 45.3 Å². The van der Waals surface area contributed by atoms with Crippen LogP contribution < -0.4 is 22.3 Å². The van der Waals surface area contributed by atoms with E-state index in [1.54, 1.807) is 17.5 Å². The number of hydrogen-bond acceptors (Lipinski definition) is 7. The van der Waals surface area contributed by atoms with Gasteiger partial charge >= 0.3 is 11.7 Å². The molecular formula is C17H14N4O6S. The van der Waals surface area contributed by atoms with Crippen molar-refractivity contribution >= 4 is 45.0 Å². The second kappa shape index (κ2) is 7.88. The largest absolute Gasteiger partial charge is 0.454 e. The minimum atomic E-state index is -0.851. The molecule has 3 aromatic rings. The van der Waals surface area contributed by atoms with E-state index in [1.807, 2.05) is 0 Å². The van der Waals surface area contributed by atoms with Gasteiger partial charge in [0.15, 0.2) is 6.61 Å². The summed E-state index contributed by atoms with van der Waals surface area (Å²) in [7, 11) is 0. The van der Waals surface area contributed by atoms with Gasteiger partial charge in [0.05, 0.1) is 16.5 Å². The Hall–Kier alpha value is -3.73. The van der Waals surface area contributed by atoms with E-state index in [1.165, 1.54) is 18.2 Å². The summed E-state index contributed by atoms with van der Waals surface area (Å²) in [5.41, 5.74) is 4.27. The summed E-state index contributed by atoms with van der Waals surface area (Å²) in [6, 6.07) is 7.74. The van der Waals surface area contributed by atoms with Crippen LogP contribution >= 0.6 is 11.3 Å². The highest BCUT2D eigenvalue weighted by Gasteiger charge is 2.15. The summed E-state index contributed by atoms with van der Waals surface area (Å²) < 4.78 is 5.92. The zero-order chi connectivity index (χ0) is 20.3. The first-order valence-electron chi connectivity index (χ1n) is 7.91. The number of aromatic amines is 1. The number of thiophene rings is 1. The van der Waals surface area contributed by atoms with Crippen LogP contribution in [0, 0.1) is 0 Å². The van der Waals surface area contributed by atoms with Crippen LogP contribution in [0.3, 0.4) is 0 Å². The number of esters is 1. The highest BCUT2D eigenvalue weighted by Crippen LogP contribution is 2.22. The maximum absolute atomic E-state index is 12.0. The van der Waals surface area contributed by atoms with Gasteiger partial charge in [0, 0.05) is 0 Å². The Morgan fingerprint density at radius 1 is 1.18 bits per heavy atom. The number of amides is 2. The quantitative estimate of drug-likeness (QED) is 0.495. The molecule has 28 heavy (non-hydrogen) atoms. The highest BCUT2D eigenvalue weighted by molar-refractivity contribution is 7.14. The predicted octanol–water partition coefficient (Wildman–Crippen LogP) is 0.0321. The Bertz CT molecular complexity index is 1190.